The minimum absolute atomic E-state index is 0.173. The number of rotatable bonds is 12. The van der Waals surface area contributed by atoms with E-state index in [1.807, 2.05) is 35.7 Å². The van der Waals surface area contributed by atoms with Crippen LogP contribution in [0.4, 0.5) is 0 Å². The van der Waals surface area contributed by atoms with Crippen molar-refractivity contribution in [3.63, 3.8) is 0 Å². The Morgan fingerprint density at radius 1 is 0.880 bits per heavy atom. The van der Waals surface area contributed by atoms with E-state index in [2.05, 4.69) is 25.1 Å². The highest BCUT2D eigenvalue weighted by atomic mass is 32.1. The summed E-state index contributed by atoms with van der Waals surface area (Å²) < 4.78 is 0. The van der Waals surface area contributed by atoms with Crippen LogP contribution in [-0.4, -0.2) is 31.3 Å². The lowest BCUT2D eigenvalue weighted by Gasteiger charge is -2.09. The minimum atomic E-state index is 0.173. The van der Waals surface area contributed by atoms with Crippen LogP contribution in [0.25, 0.3) is 0 Å². The second-order valence-electron chi connectivity index (χ2n) is 6.99. The normalized spacial score (nSPS) is 11.2. The molecule has 0 spiro atoms. The van der Waals surface area contributed by atoms with Crippen molar-refractivity contribution < 1.29 is 4.79 Å². The molecule has 0 amide bonds. The van der Waals surface area contributed by atoms with E-state index in [9.17, 15) is 4.79 Å². The summed E-state index contributed by atoms with van der Waals surface area (Å²) in [6, 6.07) is 12.0. The number of hydrogen-bond acceptors (Lipinski definition) is 3. The van der Waals surface area contributed by atoms with Crippen molar-refractivity contribution in [2.45, 2.75) is 51.4 Å². The molecule has 136 valence electrons. The molecule has 0 aliphatic rings. The number of aryl methyl sites for hydroxylation is 1. The summed E-state index contributed by atoms with van der Waals surface area (Å²) in [5.74, 6) is 0.173. The highest BCUT2D eigenvalue weighted by Crippen LogP contribution is 2.20. The van der Waals surface area contributed by atoms with Crippen LogP contribution in [0.15, 0.2) is 41.8 Å². The first-order valence-electron chi connectivity index (χ1n) is 9.49. The molecule has 1 aromatic carbocycles. The molecule has 0 saturated heterocycles. The third-order valence-electron chi connectivity index (χ3n) is 4.56. The molecule has 1 aromatic heterocycles. The van der Waals surface area contributed by atoms with Crippen molar-refractivity contribution in [2.24, 2.45) is 0 Å². The summed E-state index contributed by atoms with van der Waals surface area (Å²) >= 11 is 1.53. The van der Waals surface area contributed by atoms with Crippen molar-refractivity contribution in [1.29, 1.82) is 0 Å². The predicted molar refractivity (Wildman–Crippen MR) is 109 cm³/mol. The van der Waals surface area contributed by atoms with Crippen LogP contribution in [-0.2, 0) is 6.42 Å². The van der Waals surface area contributed by atoms with Crippen molar-refractivity contribution in [1.82, 2.24) is 4.90 Å². The number of hydrogen-bond donors (Lipinski definition) is 0. The zero-order chi connectivity index (χ0) is 17.9. The Bertz CT molecular complexity index is 619. The topological polar surface area (TPSA) is 20.3 Å². The van der Waals surface area contributed by atoms with Crippen molar-refractivity contribution in [3.8, 4) is 0 Å². The number of ketones is 1. The number of nitrogens with zero attached hydrogens (tertiary/aromatic N) is 1. The largest absolute Gasteiger partial charge is 0.309 e. The van der Waals surface area contributed by atoms with E-state index in [4.69, 9.17) is 0 Å². The minimum Gasteiger partial charge on any atom is -0.309 e. The molecule has 0 fully saturated rings. The van der Waals surface area contributed by atoms with Gasteiger partial charge in [-0.3, -0.25) is 4.79 Å². The number of carbonyl (C=O) groups is 1. The zero-order valence-corrected chi connectivity index (χ0v) is 16.5. The maximum Gasteiger partial charge on any atom is 0.203 e. The highest BCUT2D eigenvalue weighted by molar-refractivity contribution is 7.12. The second-order valence-corrected chi connectivity index (χ2v) is 7.94. The standard InChI is InChI=1S/C22H31NOS/c1-23(2)17-11-7-5-3-4-6-8-13-19-14-9-10-15-20(19)22(24)21-16-12-18-25-21/h9-10,12,14-16,18H,3-8,11,13,17H2,1-2H3. The molecule has 1 heterocycles. The van der Waals surface area contributed by atoms with Gasteiger partial charge in [-0.05, 0) is 56.9 Å². The molecular weight excluding hydrogens is 326 g/mol. The van der Waals surface area contributed by atoms with E-state index in [1.54, 1.807) is 0 Å². The average molecular weight is 358 g/mol. The Labute approximate surface area is 156 Å². The van der Waals surface area contributed by atoms with Crippen LogP contribution in [0.1, 0.15) is 65.7 Å². The lowest BCUT2D eigenvalue weighted by Crippen LogP contribution is -2.12. The quantitative estimate of drug-likeness (QED) is 0.353. The third-order valence-corrected chi connectivity index (χ3v) is 5.43. The molecule has 0 radical (unpaired) electrons. The molecule has 2 rings (SSSR count). The summed E-state index contributed by atoms with van der Waals surface area (Å²) in [6.45, 7) is 1.20. The summed E-state index contributed by atoms with van der Waals surface area (Å²) in [5, 5.41) is 1.97. The fourth-order valence-electron chi connectivity index (χ4n) is 3.13. The van der Waals surface area contributed by atoms with Crippen molar-refractivity contribution in [2.75, 3.05) is 20.6 Å². The molecule has 0 unspecified atom stereocenters. The maximum absolute atomic E-state index is 12.6. The number of carbonyl (C=O) groups excluding carboxylic acids is 1. The van der Waals surface area contributed by atoms with Crippen molar-refractivity contribution in [3.05, 3.63) is 57.8 Å². The van der Waals surface area contributed by atoms with Gasteiger partial charge < -0.3 is 4.90 Å². The molecule has 25 heavy (non-hydrogen) atoms. The van der Waals surface area contributed by atoms with Gasteiger partial charge in [-0.25, -0.2) is 0 Å². The van der Waals surface area contributed by atoms with E-state index < -0.39 is 0 Å². The summed E-state index contributed by atoms with van der Waals surface area (Å²) in [5.41, 5.74) is 2.08. The van der Waals surface area contributed by atoms with Gasteiger partial charge in [0.25, 0.3) is 0 Å². The van der Waals surface area contributed by atoms with E-state index in [0.717, 1.165) is 16.9 Å². The van der Waals surface area contributed by atoms with Crippen LogP contribution in [0, 0.1) is 0 Å². The Balaban J connectivity index is 1.69. The van der Waals surface area contributed by atoms with Crippen LogP contribution in [0.2, 0.25) is 0 Å². The number of benzene rings is 1. The number of thiophene rings is 1. The molecule has 2 aromatic rings. The van der Waals surface area contributed by atoms with Gasteiger partial charge in [0.15, 0.2) is 0 Å². The van der Waals surface area contributed by atoms with Gasteiger partial charge in [0.2, 0.25) is 5.78 Å². The first kappa shape index (κ1) is 19.9. The lowest BCUT2D eigenvalue weighted by atomic mass is 9.97. The fraction of sp³-hybridized carbons (Fsp3) is 0.500. The molecule has 2 nitrogen and oxygen atoms in total. The summed E-state index contributed by atoms with van der Waals surface area (Å²) in [7, 11) is 4.28. The van der Waals surface area contributed by atoms with Gasteiger partial charge in [0.05, 0.1) is 4.88 Å². The summed E-state index contributed by atoms with van der Waals surface area (Å²) in [4.78, 5) is 15.7. The Hall–Kier alpha value is -1.45. The van der Waals surface area contributed by atoms with Gasteiger partial charge in [0, 0.05) is 5.56 Å². The molecule has 0 bridgehead atoms. The SMILES string of the molecule is CN(C)CCCCCCCCCc1ccccc1C(=O)c1cccs1. The van der Waals surface area contributed by atoms with E-state index in [-0.39, 0.29) is 5.78 Å². The van der Waals surface area contributed by atoms with Gasteiger partial charge in [-0.1, -0.05) is 62.4 Å². The highest BCUT2D eigenvalue weighted by Gasteiger charge is 2.13. The van der Waals surface area contributed by atoms with E-state index in [0.29, 0.717) is 0 Å². The van der Waals surface area contributed by atoms with Crippen molar-refractivity contribution >= 4 is 17.1 Å². The van der Waals surface area contributed by atoms with E-state index >= 15 is 0 Å². The van der Waals surface area contributed by atoms with Gasteiger partial charge in [-0.15, -0.1) is 11.3 Å². The van der Waals surface area contributed by atoms with Crippen LogP contribution >= 0.6 is 11.3 Å². The van der Waals surface area contributed by atoms with Crippen LogP contribution in [0.3, 0.4) is 0 Å². The monoisotopic (exact) mass is 357 g/mol. The molecule has 0 aliphatic heterocycles. The molecule has 0 saturated carbocycles. The predicted octanol–water partition coefficient (Wildman–Crippen LogP) is 5.81. The fourth-order valence-corrected chi connectivity index (χ4v) is 3.81. The Kier molecular flexibility index (Phi) is 8.92. The first-order valence-corrected chi connectivity index (χ1v) is 10.4. The van der Waals surface area contributed by atoms with Gasteiger partial charge >= 0.3 is 0 Å². The second kappa shape index (κ2) is 11.2. The van der Waals surface area contributed by atoms with E-state index in [1.165, 1.54) is 68.4 Å². The summed E-state index contributed by atoms with van der Waals surface area (Å²) in [6.07, 6.45) is 10.1. The van der Waals surface area contributed by atoms with Gasteiger partial charge in [-0.2, -0.15) is 0 Å². The molecule has 0 aliphatic carbocycles. The third kappa shape index (κ3) is 7.13. The Morgan fingerprint density at radius 3 is 2.24 bits per heavy atom. The first-order chi connectivity index (χ1) is 12.2. The van der Waals surface area contributed by atoms with Gasteiger partial charge in [0.1, 0.15) is 0 Å². The molecule has 3 heteroatoms. The lowest BCUT2D eigenvalue weighted by molar-refractivity contribution is 0.104. The Morgan fingerprint density at radius 2 is 1.56 bits per heavy atom. The molecule has 0 N–H and O–H groups in total. The molecule has 0 atom stereocenters. The average Bonchev–Trinajstić information content (AvgIpc) is 3.14. The molecular formula is C22H31NOS. The van der Waals surface area contributed by atoms with Crippen LogP contribution in [0.5, 0.6) is 0 Å². The number of unbranched alkanes of at least 4 members (excludes halogenated alkanes) is 6. The van der Waals surface area contributed by atoms with Crippen LogP contribution < -0.4 is 0 Å². The zero-order valence-electron chi connectivity index (χ0n) is 15.7. The maximum atomic E-state index is 12.6. The smallest absolute Gasteiger partial charge is 0.203 e.